The second-order valence-electron chi connectivity index (χ2n) is 17.5. The summed E-state index contributed by atoms with van der Waals surface area (Å²) in [5.74, 6) is -0.974. The summed E-state index contributed by atoms with van der Waals surface area (Å²) in [6.07, 6.45) is 64.7. The SMILES string of the molecule is CC/C=C/C=C/C=C/C=C/C=C/CCCC(=O)OCC(COC(=O)CCCCCCCCCCCCCCCCCCC)OC(=O)CCCCCCCCC/C=C/CCCCCC. The summed E-state index contributed by atoms with van der Waals surface area (Å²) in [7, 11) is 0. The van der Waals surface area contributed by atoms with Crippen molar-refractivity contribution in [2.24, 2.45) is 0 Å². The Labute approximate surface area is 389 Å². The number of unbranched alkanes of at least 4 members (excludes halogenated alkanes) is 28. The Balaban J connectivity index is 4.44. The van der Waals surface area contributed by atoms with Gasteiger partial charge < -0.3 is 14.2 Å². The van der Waals surface area contributed by atoms with Crippen LogP contribution in [0.5, 0.6) is 0 Å². The zero-order chi connectivity index (χ0) is 45.8. The Kier molecular flexibility index (Phi) is 48.9. The maximum absolute atomic E-state index is 12.8. The van der Waals surface area contributed by atoms with E-state index in [-0.39, 0.29) is 37.5 Å². The standard InChI is InChI=1S/C57H98O6/c1-4-7-10-13-16-19-22-25-27-28-30-32-35-38-41-44-47-50-56(59)62-53-54(52-61-55(58)49-46-43-40-37-34-31-24-21-18-15-12-9-6-3)63-57(60)51-48-45-42-39-36-33-29-26-23-20-17-14-11-8-5-2/h9,12,15,18,20-21,23-24,31,34,37,40,54H,4-8,10-11,13-14,16-17,19,22,25-30,32-33,35-36,38-39,41-53H2,1-3H3/b12-9+,18-15+,23-20+,24-21+,34-31+,40-37+. The van der Waals surface area contributed by atoms with Gasteiger partial charge in [0, 0.05) is 19.3 Å². The molecule has 1 unspecified atom stereocenters. The fraction of sp³-hybridized carbons (Fsp3) is 0.737. The fourth-order valence-electron chi connectivity index (χ4n) is 7.35. The van der Waals surface area contributed by atoms with Crippen LogP contribution in [-0.2, 0) is 28.6 Å². The first-order valence-corrected chi connectivity index (χ1v) is 26.5. The molecule has 0 aliphatic heterocycles. The maximum Gasteiger partial charge on any atom is 0.306 e. The molecule has 0 bridgehead atoms. The Morgan fingerprint density at radius 3 is 1.08 bits per heavy atom. The van der Waals surface area contributed by atoms with Crippen molar-refractivity contribution >= 4 is 17.9 Å². The number of esters is 3. The topological polar surface area (TPSA) is 78.9 Å². The second kappa shape index (κ2) is 51.5. The van der Waals surface area contributed by atoms with Crippen molar-refractivity contribution in [1.82, 2.24) is 0 Å². The third kappa shape index (κ3) is 49.7. The Hall–Kier alpha value is -3.15. The second-order valence-corrected chi connectivity index (χ2v) is 17.5. The molecule has 0 saturated carbocycles. The molecule has 0 aromatic rings. The lowest BCUT2D eigenvalue weighted by Gasteiger charge is -2.18. The van der Waals surface area contributed by atoms with Crippen LogP contribution in [0.4, 0.5) is 0 Å². The van der Waals surface area contributed by atoms with Crippen LogP contribution in [0.25, 0.3) is 0 Å². The molecule has 0 fully saturated rings. The first-order valence-electron chi connectivity index (χ1n) is 26.5. The number of carbonyl (C=O) groups excluding carboxylic acids is 3. The van der Waals surface area contributed by atoms with Crippen LogP contribution >= 0.6 is 0 Å². The first-order chi connectivity index (χ1) is 31.0. The van der Waals surface area contributed by atoms with Gasteiger partial charge in [-0.15, -0.1) is 0 Å². The maximum atomic E-state index is 12.8. The van der Waals surface area contributed by atoms with Crippen LogP contribution in [0.15, 0.2) is 72.9 Å². The van der Waals surface area contributed by atoms with Gasteiger partial charge in [-0.05, 0) is 57.8 Å². The highest BCUT2D eigenvalue weighted by Gasteiger charge is 2.19. The van der Waals surface area contributed by atoms with Gasteiger partial charge >= 0.3 is 17.9 Å². The summed E-state index contributed by atoms with van der Waals surface area (Å²) in [5, 5.41) is 0. The summed E-state index contributed by atoms with van der Waals surface area (Å²) in [6.45, 7) is 6.43. The zero-order valence-electron chi connectivity index (χ0n) is 41.3. The van der Waals surface area contributed by atoms with Crippen molar-refractivity contribution in [3.63, 3.8) is 0 Å². The lowest BCUT2D eigenvalue weighted by Crippen LogP contribution is -2.30. The predicted octanol–water partition coefficient (Wildman–Crippen LogP) is 17.4. The molecule has 0 rings (SSSR count). The van der Waals surface area contributed by atoms with Gasteiger partial charge in [-0.3, -0.25) is 14.4 Å². The van der Waals surface area contributed by atoms with Crippen molar-refractivity contribution in [3.8, 4) is 0 Å². The molecule has 362 valence electrons. The fourth-order valence-corrected chi connectivity index (χ4v) is 7.35. The highest BCUT2D eigenvalue weighted by Crippen LogP contribution is 2.16. The van der Waals surface area contributed by atoms with E-state index in [0.717, 1.165) is 51.4 Å². The van der Waals surface area contributed by atoms with Crippen LogP contribution in [0, 0.1) is 0 Å². The molecular formula is C57H98O6. The average Bonchev–Trinajstić information content (AvgIpc) is 3.28. The molecule has 6 heteroatoms. The van der Waals surface area contributed by atoms with Crippen molar-refractivity contribution in [1.29, 1.82) is 0 Å². The number of ether oxygens (including phenoxy) is 3. The van der Waals surface area contributed by atoms with Crippen molar-refractivity contribution in [2.75, 3.05) is 13.2 Å². The average molecular weight is 879 g/mol. The van der Waals surface area contributed by atoms with Gasteiger partial charge in [-0.1, -0.05) is 248 Å². The van der Waals surface area contributed by atoms with E-state index in [9.17, 15) is 14.4 Å². The molecule has 0 aromatic heterocycles. The number of allylic oxidation sites excluding steroid dienone is 12. The molecular weight excluding hydrogens is 781 g/mol. The monoisotopic (exact) mass is 879 g/mol. The summed E-state index contributed by atoms with van der Waals surface area (Å²) in [5.41, 5.74) is 0. The molecule has 0 N–H and O–H groups in total. The highest BCUT2D eigenvalue weighted by atomic mass is 16.6. The van der Waals surface area contributed by atoms with E-state index in [1.807, 2.05) is 54.7 Å². The molecule has 0 radical (unpaired) electrons. The van der Waals surface area contributed by atoms with E-state index in [1.54, 1.807) is 0 Å². The predicted molar refractivity (Wildman–Crippen MR) is 270 cm³/mol. The van der Waals surface area contributed by atoms with Crippen molar-refractivity contribution < 1.29 is 28.6 Å². The Morgan fingerprint density at radius 2 is 0.651 bits per heavy atom. The lowest BCUT2D eigenvalue weighted by atomic mass is 10.0. The lowest BCUT2D eigenvalue weighted by molar-refractivity contribution is -0.167. The van der Waals surface area contributed by atoms with Crippen molar-refractivity contribution in [3.05, 3.63) is 72.9 Å². The number of rotatable bonds is 47. The summed E-state index contributed by atoms with van der Waals surface area (Å²) < 4.78 is 16.7. The molecule has 6 nitrogen and oxygen atoms in total. The molecule has 0 aliphatic rings. The number of hydrogen-bond donors (Lipinski definition) is 0. The minimum atomic E-state index is -0.804. The Bertz CT molecular complexity index is 1190. The molecule has 0 aliphatic carbocycles. The van der Waals surface area contributed by atoms with Crippen LogP contribution in [0.3, 0.4) is 0 Å². The molecule has 1 atom stereocenters. The normalized spacial score (nSPS) is 12.6. The minimum absolute atomic E-state index is 0.0976. The summed E-state index contributed by atoms with van der Waals surface area (Å²) in [4.78, 5) is 38.0. The molecule has 0 heterocycles. The molecule has 0 amide bonds. The third-order valence-electron chi connectivity index (χ3n) is 11.3. The van der Waals surface area contributed by atoms with Gasteiger partial charge in [0.15, 0.2) is 6.10 Å². The van der Waals surface area contributed by atoms with Gasteiger partial charge in [-0.25, -0.2) is 0 Å². The van der Waals surface area contributed by atoms with Crippen molar-refractivity contribution in [2.45, 2.75) is 258 Å². The van der Waals surface area contributed by atoms with Gasteiger partial charge in [-0.2, -0.15) is 0 Å². The van der Waals surface area contributed by atoms with E-state index in [4.69, 9.17) is 14.2 Å². The van der Waals surface area contributed by atoms with Crippen LogP contribution in [0.2, 0.25) is 0 Å². The molecule has 63 heavy (non-hydrogen) atoms. The zero-order valence-corrected chi connectivity index (χ0v) is 41.3. The first kappa shape index (κ1) is 59.9. The molecule has 0 aromatic carbocycles. The van der Waals surface area contributed by atoms with Crippen LogP contribution < -0.4 is 0 Å². The molecule has 0 spiro atoms. The van der Waals surface area contributed by atoms with Gasteiger partial charge in [0.1, 0.15) is 13.2 Å². The largest absolute Gasteiger partial charge is 0.462 e. The molecule has 0 saturated heterocycles. The van der Waals surface area contributed by atoms with E-state index in [0.29, 0.717) is 19.3 Å². The number of hydrogen-bond acceptors (Lipinski definition) is 6. The van der Waals surface area contributed by atoms with Crippen LogP contribution in [0.1, 0.15) is 252 Å². The third-order valence-corrected chi connectivity index (χ3v) is 11.3. The van der Waals surface area contributed by atoms with E-state index in [1.165, 1.54) is 154 Å². The van der Waals surface area contributed by atoms with E-state index < -0.39 is 6.10 Å². The summed E-state index contributed by atoms with van der Waals surface area (Å²) in [6, 6.07) is 0. The van der Waals surface area contributed by atoms with Gasteiger partial charge in [0.05, 0.1) is 0 Å². The van der Waals surface area contributed by atoms with E-state index >= 15 is 0 Å². The van der Waals surface area contributed by atoms with Crippen LogP contribution in [-0.4, -0.2) is 37.2 Å². The van der Waals surface area contributed by atoms with Gasteiger partial charge in [0.25, 0.3) is 0 Å². The highest BCUT2D eigenvalue weighted by molar-refractivity contribution is 5.71. The quantitative estimate of drug-likeness (QED) is 0.0199. The minimum Gasteiger partial charge on any atom is -0.462 e. The van der Waals surface area contributed by atoms with Gasteiger partial charge in [0.2, 0.25) is 0 Å². The van der Waals surface area contributed by atoms with E-state index in [2.05, 4.69) is 39.0 Å². The number of carbonyl (C=O) groups is 3. The summed E-state index contributed by atoms with van der Waals surface area (Å²) >= 11 is 0. The Morgan fingerprint density at radius 1 is 0.333 bits per heavy atom. The smallest absolute Gasteiger partial charge is 0.306 e.